The molecule has 1 fully saturated rings. The summed E-state index contributed by atoms with van der Waals surface area (Å²) in [6.07, 6.45) is -1.04. The molecule has 0 aliphatic carbocycles. The normalized spacial score (nSPS) is 18.9. The van der Waals surface area contributed by atoms with Gasteiger partial charge in [0.05, 0.1) is 18.9 Å². The van der Waals surface area contributed by atoms with Crippen LogP contribution in [0.5, 0.6) is 0 Å². The molecule has 0 radical (unpaired) electrons. The Kier molecular flexibility index (Phi) is 5.67. The lowest BCUT2D eigenvalue weighted by molar-refractivity contribution is -0.119. The zero-order valence-corrected chi connectivity index (χ0v) is 17.1. The van der Waals surface area contributed by atoms with Gasteiger partial charge in [0.2, 0.25) is 6.17 Å². The predicted octanol–water partition coefficient (Wildman–Crippen LogP) is 2.20. The number of rotatable bonds is 2. The van der Waals surface area contributed by atoms with Crippen LogP contribution >= 0.6 is 0 Å². The molecule has 1 atom stereocenters. The summed E-state index contributed by atoms with van der Waals surface area (Å²) in [6, 6.07) is 14.6. The number of aryl methyl sites for hydroxylation is 1. The first kappa shape index (κ1) is 19.9. The van der Waals surface area contributed by atoms with Crippen LogP contribution in [0.15, 0.2) is 53.5 Å². The van der Waals surface area contributed by atoms with E-state index in [0.29, 0.717) is 37.8 Å². The number of fused-ring (bicyclic) bond motifs is 1. The van der Waals surface area contributed by atoms with E-state index < -0.39 is 12.2 Å². The molecule has 2 aliphatic heterocycles. The van der Waals surface area contributed by atoms with E-state index in [9.17, 15) is 9.59 Å². The van der Waals surface area contributed by atoms with Gasteiger partial charge >= 0.3 is 6.03 Å². The molecule has 2 aliphatic rings. The van der Waals surface area contributed by atoms with Crippen LogP contribution in [0.25, 0.3) is 0 Å². The van der Waals surface area contributed by atoms with Gasteiger partial charge in [-0.1, -0.05) is 24.3 Å². The number of benzene rings is 2. The second-order valence-electron chi connectivity index (χ2n) is 7.34. The largest absolute Gasteiger partial charge is 0.378 e. The Balaban J connectivity index is 1.63. The van der Waals surface area contributed by atoms with Crippen molar-refractivity contribution >= 4 is 29.1 Å². The number of hydrogen-bond donors (Lipinski definition) is 2. The highest BCUT2D eigenvalue weighted by Gasteiger charge is 2.32. The molecule has 4 rings (SSSR count). The van der Waals surface area contributed by atoms with Gasteiger partial charge in [0.1, 0.15) is 5.84 Å². The number of amidine groups is 1. The molecule has 0 saturated carbocycles. The fraction of sp³-hybridized carbons (Fsp3) is 0.318. The minimum absolute atomic E-state index is 0.301. The van der Waals surface area contributed by atoms with Crippen molar-refractivity contribution in [2.24, 2.45) is 4.99 Å². The monoisotopic (exact) mass is 407 g/mol. The van der Waals surface area contributed by atoms with Crippen molar-refractivity contribution < 1.29 is 14.3 Å². The number of ether oxygens (including phenoxy) is 1. The number of likely N-dealkylation sites (N-methyl/N-ethyl adjacent to an activating group) is 1. The second-order valence-corrected chi connectivity index (χ2v) is 7.34. The number of hydrogen-bond acceptors (Lipinski definition) is 5. The van der Waals surface area contributed by atoms with E-state index in [1.807, 2.05) is 49.4 Å². The third-order valence-corrected chi connectivity index (χ3v) is 5.18. The van der Waals surface area contributed by atoms with Crippen LogP contribution in [0, 0.1) is 6.92 Å². The average Bonchev–Trinajstić information content (AvgIpc) is 2.85. The topological polar surface area (TPSA) is 86.3 Å². The molecule has 3 amide bonds. The highest BCUT2D eigenvalue weighted by molar-refractivity contribution is 6.12. The number of benzodiazepines with no additional fused rings is 1. The van der Waals surface area contributed by atoms with E-state index in [1.165, 1.54) is 0 Å². The van der Waals surface area contributed by atoms with E-state index in [2.05, 4.69) is 15.5 Å². The number of amides is 3. The van der Waals surface area contributed by atoms with Crippen LogP contribution in [0.1, 0.15) is 11.1 Å². The Morgan fingerprint density at radius 1 is 1.13 bits per heavy atom. The maximum Gasteiger partial charge on any atom is 0.321 e. The zero-order valence-electron chi connectivity index (χ0n) is 17.1. The van der Waals surface area contributed by atoms with Crippen molar-refractivity contribution in [2.75, 3.05) is 43.6 Å². The van der Waals surface area contributed by atoms with Crippen LogP contribution in [-0.2, 0) is 9.53 Å². The van der Waals surface area contributed by atoms with E-state index in [0.717, 1.165) is 16.8 Å². The molecule has 8 nitrogen and oxygen atoms in total. The van der Waals surface area contributed by atoms with E-state index >= 15 is 0 Å². The Hall–Kier alpha value is -3.39. The van der Waals surface area contributed by atoms with Crippen molar-refractivity contribution in [2.45, 2.75) is 13.1 Å². The van der Waals surface area contributed by atoms with Crippen molar-refractivity contribution in [3.63, 3.8) is 0 Å². The smallest absolute Gasteiger partial charge is 0.321 e. The molecule has 0 spiro atoms. The van der Waals surface area contributed by atoms with Gasteiger partial charge in [-0.2, -0.15) is 0 Å². The van der Waals surface area contributed by atoms with Crippen molar-refractivity contribution in [1.29, 1.82) is 0 Å². The van der Waals surface area contributed by atoms with Gasteiger partial charge < -0.3 is 25.2 Å². The molecule has 1 saturated heterocycles. The van der Waals surface area contributed by atoms with Gasteiger partial charge in [-0.15, -0.1) is 0 Å². The number of anilines is 2. The van der Waals surface area contributed by atoms with Crippen LogP contribution in [0.4, 0.5) is 16.2 Å². The third-order valence-electron chi connectivity index (χ3n) is 5.18. The summed E-state index contributed by atoms with van der Waals surface area (Å²) in [5, 5.41) is 5.50. The highest BCUT2D eigenvalue weighted by atomic mass is 16.5. The standard InChI is InChI=1S/C22H25N5O3/c1-15-6-5-7-16(14-15)23-22(29)25-19-21(28)26(2)18-9-4-3-8-17(18)20(24-19)27-10-12-30-13-11-27/h3-9,14,19H,10-13H2,1-2H3,(H2,23,25,29). The molecule has 0 bridgehead atoms. The maximum absolute atomic E-state index is 13.1. The van der Waals surface area contributed by atoms with Gasteiger partial charge in [0.25, 0.3) is 5.91 Å². The summed E-state index contributed by atoms with van der Waals surface area (Å²) < 4.78 is 5.47. The van der Waals surface area contributed by atoms with Gasteiger partial charge in [-0.25, -0.2) is 9.79 Å². The Bertz CT molecular complexity index is 984. The molecule has 156 valence electrons. The SMILES string of the molecule is Cc1cccc(NC(=O)NC2N=C(N3CCOCC3)c3ccccc3N(C)C2=O)c1. The summed E-state index contributed by atoms with van der Waals surface area (Å²) in [5.41, 5.74) is 3.30. The molecular weight excluding hydrogens is 382 g/mol. The quantitative estimate of drug-likeness (QED) is 0.799. The average molecular weight is 407 g/mol. The van der Waals surface area contributed by atoms with Crippen molar-refractivity contribution in [3.05, 3.63) is 59.7 Å². The summed E-state index contributed by atoms with van der Waals surface area (Å²) in [7, 11) is 1.70. The predicted molar refractivity (Wildman–Crippen MR) is 116 cm³/mol. The number of aliphatic imine (C=N–C) groups is 1. The summed E-state index contributed by atoms with van der Waals surface area (Å²) in [4.78, 5) is 34.1. The van der Waals surface area contributed by atoms with E-state index in [-0.39, 0.29) is 5.91 Å². The maximum atomic E-state index is 13.1. The van der Waals surface area contributed by atoms with Crippen molar-refractivity contribution in [1.82, 2.24) is 10.2 Å². The molecule has 8 heteroatoms. The summed E-state index contributed by atoms with van der Waals surface area (Å²) in [6.45, 7) is 4.48. The first-order valence-corrected chi connectivity index (χ1v) is 9.94. The van der Waals surface area contributed by atoms with Gasteiger partial charge in [-0.05, 0) is 36.8 Å². The van der Waals surface area contributed by atoms with Gasteiger partial charge in [0.15, 0.2) is 0 Å². The number of nitrogens with zero attached hydrogens (tertiary/aromatic N) is 3. The second kappa shape index (κ2) is 8.54. The molecular formula is C22H25N5O3. The highest BCUT2D eigenvalue weighted by Crippen LogP contribution is 2.26. The minimum atomic E-state index is -1.04. The Labute approximate surface area is 175 Å². The van der Waals surface area contributed by atoms with Crippen LogP contribution in [-0.4, -0.2) is 62.2 Å². The molecule has 2 N–H and O–H groups in total. The minimum Gasteiger partial charge on any atom is -0.378 e. The molecule has 1 unspecified atom stereocenters. The van der Waals surface area contributed by atoms with Crippen molar-refractivity contribution in [3.8, 4) is 0 Å². The van der Waals surface area contributed by atoms with Crippen LogP contribution in [0.3, 0.4) is 0 Å². The molecule has 30 heavy (non-hydrogen) atoms. The van der Waals surface area contributed by atoms with Crippen LogP contribution in [0.2, 0.25) is 0 Å². The number of carbonyl (C=O) groups is 2. The first-order chi connectivity index (χ1) is 14.5. The van der Waals surface area contributed by atoms with Crippen LogP contribution < -0.4 is 15.5 Å². The van der Waals surface area contributed by atoms with Gasteiger partial charge in [-0.3, -0.25) is 4.79 Å². The lowest BCUT2D eigenvalue weighted by Crippen LogP contribution is -2.48. The molecule has 2 aromatic rings. The number of morpholine rings is 1. The molecule has 2 aromatic carbocycles. The van der Waals surface area contributed by atoms with E-state index in [4.69, 9.17) is 9.73 Å². The first-order valence-electron chi connectivity index (χ1n) is 9.94. The third kappa shape index (κ3) is 4.13. The lowest BCUT2D eigenvalue weighted by atomic mass is 10.1. The Morgan fingerprint density at radius 2 is 1.90 bits per heavy atom. The molecule has 0 aromatic heterocycles. The van der Waals surface area contributed by atoms with Gasteiger partial charge in [0, 0.05) is 31.4 Å². The van der Waals surface area contributed by atoms with E-state index in [1.54, 1.807) is 18.0 Å². The zero-order chi connectivity index (χ0) is 21.1. The number of urea groups is 1. The number of nitrogens with one attached hydrogen (secondary N) is 2. The molecule has 2 heterocycles. The summed E-state index contributed by atoms with van der Waals surface area (Å²) >= 11 is 0. The fourth-order valence-corrected chi connectivity index (χ4v) is 3.64. The fourth-order valence-electron chi connectivity index (χ4n) is 3.64. The number of para-hydroxylation sites is 1. The lowest BCUT2D eigenvalue weighted by Gasteiger charge is -2.30. The number of carbonyl (C=O) groups excluding carboxylic acids is 2. The summed E-state index contributed by atoms with van der Waals surface area (Å²) in [5.74, 6) is 0.387. The Morgan fingerprint density at radius 3 is 2.67 bits per heavy atom.